The molecule has 1 saturated carbocycles. The SMILES string of the molecule is Nc1ncccc1-c1cc2n(CC3CCOCC3)c(O)c(C(=O)NC3CC3)c(=O)n2n1. The van der Waals surface area contributed by atoms with Crippen LogP contribution in [0.25, 0.3) is 16.9 Å². The third kappa shape index (κ3) is 3.63. The molecule has 162 valence electrons. The molecule has 0 bridgehead atoms. The van der Waals surface area contributed by atoms with Crippen molar-refractivity contribution < 1.29 is 14.6 Å². The van der Waals surface area contributed by atoms with Crippen molar-refractivity contribution in [3.8, 4) is 17.1 Å². The zero-order valence-electron chi connectivity index (χ0n) is 17.0. The van der Waals surface area contributed by atoms with Crippen molar-refractivity contribution in [2.75, 3.05) is 18.9 Å². The minimum atomic E-state index is -0.664. The molecular formula is C21H24N6O4. The molecule has 10 nitrogen and oxygen atoms in total. The van der Waals surface area contributed by atoms with Gasteiger partial charge in [-0.3, -0.25) is 14.2 Å². The maximum Gasteiger partial charge on any atom is 0.291 e. The number of aromatic nitrogens is 4. The molecule has 0 radical (unpaired) electrons. The van der Waals surface area contributed by atoms with Gasteiger partial charge in [0.15, 0.2) is 5.56 Å². The van der Waals surface area contributed by atoms with Crippen LogP contribution in [0.2, 0.25) is 0 Å². The lowest BCUT2D eigenvalue weighted by Crippen LogP contribution is -2.35. The van der Waals surface area contributed by atoms with Gasteiger partial charge in [-0.2, -0.15) is 9.61 Å². The number of fused-ring (bicyclic) bond motifs is 1. The van der Waals surface area contributed by atoms with Gasteiger partial charge in [-0.15, -0.1) is 0 Å². The zero-order chi connectivity index (χ0) is 21.5. The van der Waals surface area contributed by atoms with Crippen molar-refractivity contribution in [1.29, 1.82) is 0 Å². The number of amides is 1. The quantitative estimate of drug-likeness (QED) is 0.559. The Balaban J connectivity index is 1.67. The normalized spacial score (nSPS) is 17.2. The highest BCUT2D eigenvalue weighted by Gasteiger charge is 2.30. The number of aromatic hydroxyl groups is 1. The lowest BCUT2D eigenvalue weighted by atomic mass is 10.0. The second-order valence-corrected chi connectivity index (χ2v) is 8.15. The number of ether oxygens (including phenoxy) is 1. The van der Waals surface area contributed by atoms with Crippen LogP contribution in [0.15, 0.2) is 29.2 Å². The topological polar surface area (TPSA) is 137 Å². The van der Waals surface area contributed by atoms with Crippen LogP contribution in [0.3, 0.4) is 0 Å². The molecule has 2 aliphatic rings. The van der Waals surface area contributed by atoms with Crippen LogP contribution in [0.4, 0.5) is 5.82 Å². The van der Waals surface area contributed by atoms with E-state index in [1.165, 1.54) is 4.52 Å². The van der Waals surface area contributed by atoms with E-state index in [4.69, 9.17) is 10.5 Å². The van der Waals surface area contributed by atoms with Crippen LogP contribution in [-0.2, 0) is 11.3 Å². The van der Waals surface area contributed by atoms with E-state index in [1.807, 2.05) is 0 Å². The first-order chi connectivity index (χ1) is 15.0. The fraction of sp³-hybridized carbons (Fsp3) is 0.429. The Hall–Kier alpha value is -3.40. The highest BCUT2D eigenvalue weighted by molar-refractivity contribution is 5.96. The maximum atomic E-state index is 13.2. The zero-order valence-corrected chi connectivity index (χ0v) is 17.0. The summed E-state index contributed by atoms with van der Waals surface area (Å²) >= 11 is 0. The molecule has 10 heteroatoms. The minimum Gasteiger partial charge on any atom is -0.494 e. The number of pyridine rings is 1. The van der Waals surface area contributed by atoms with Gasteiger partial charge in [-0.25, -0.2) is 4.98 Å². The molecule has 0 atom stereocenters. The molecule has 3 aromatic rings. The summed E-state index contributed by atoms with van der Waals surface area (Å²) < 4.78 is 8.21. The van der Waals surface area contributed by atoms with E-state index in [1.54, 1.807) is 29.0 Å². The van der Waals surface area contributed by atoms with Gasteiger partial charge >= 0.3 is 0 Å². The van der Waals surface area contributed by atoms with Gasteiger partial charge in [0, 0.05) is 43.6 Å². The summed E-state index contributed by atoms with van der Waals surface area (Å²) in [4.78, 5) is 30.0. The summed E-state index contributed by atoms with van der Waals surface area (Å²) in [7, 11) is 0. The van der Waals surface area contributed by atoms with Gasteiger partial charge in [0.05, 0.1) is 5.69 Å². The van der Waals surface area contributed by atoms with Crippen molar-refractivity contribution in [2.45, 2.75) is 38.3 Å². The van der Waals surface area contributed by atoms with Crippen molar-refractivity contribution in [3.05, 3.63) is 40.3 Å². The van der Waals surface area contributed by atoms with Crippen LogP contribution in [0.1, 0.15) is 36.0 Å². The summed E-state index contributed by atoms with van der Waals surface area (Å²) in [5, 5.41) is 18.2. The van der Waals surface area contributed by atoms with Crippen LogP contribution in [0.5, 0.6) is 5.88 Å². The van der Waals surface area contributed by atoms with E-state index >= 15 is 0 Å². The molecular weight excluding hydrogens is 400 g/mol. The van der Waals surface area contributed by atoms with Crippen molar-refractivity contribution in [2.24, 2.45) is 5.92 Å². The van der Waals surface area contributed by atoms with Gasteiger partial charge in [-0.1, -0.05) is 0 Å². The molecule has 1 saturated heterocycles. The summed E-state index contributed by atoms with van der Waals surface area (Å²) in [5.41, 5.74) is 6.46. The van der Waals surface area contributed by atoms with Crippen molar-refractivity contribution in [3.63, 3.8) is 0 Å². The Kier molecular flexibility index (Phi) is 4.85. The Morgan fingerprint density at radius 1 is 1.29 bits per heavy atom. The molecule has 1 aliphatic heterocycles. The minimum absolute atomic E-state index is 0.0503. The molecule has 1 aliphatic carbocycles. The number of carbonyl (C=O) groups excluding carboxylic acids is 1. The maximum absolute atomic E-state index is 13.2. The third-order valence-electron chi connectivity index (χ3n) is 5.89. The van der Waals surface area contributed by atoms with E-state index in [2.05, 4.69) is 15.4 Å². The van der Waals surface area contributed by atoms with Crippen LogP contribution in [-0.4, -0.2) is 49.4 Å². The molecule has 0 aromatic carbocycles. The fourth-order valence-corrected chi connectivity index (χ4v) is 3.97. The highest BCUT2D eigenvalue weighted by atomic mass is 16.5. The van der Waals surface area contributed by atoms with Gasteiger partial charge in [0.25, 0.3) is 11.5 Å². The van der Waals surface area contributed by atoms with Crippen molar-refractivity contribution in [1.82, 2.24) is 24.5 Å². The number of nitrogens with two attached hydrogens (primary N) is 1. The van der Waals surface area contributed by atoms with Crippen molar-refractivity contribution >= 4 is 17.4 Å². The fourth-order valence-electron chi connectivity index (χ4n) is 3.97. The second kappa shape index (κ2) is 7.69. The lowest BCUT2D eigenvalue weighted by Gasteiger charge is -2.24. The monoisotopic (exact) mass is 424 g/mol. The predicted octanol–water partition coefficient (Wildman–Crippen LogP) is 1.16. The first kappa shape index (κ1) is 19.6. The average molecular weight is 424 g/mol. The number of nitrogens with zero attached hydrogens (tertiary/aromatic N) is 4. The Morgan fingerprint density at radius 2 is 2.06 bits per heavy atom. The van der Waals surface area contributed by atoms with Gasteiger partial charge in [-0.05, 0) is 43.7 Å². The van der Waals surface area contributed by atoms with Gasteiger partial charge in [0.1, 0.15) is 11.5 Å². The van der Waals surface area contributed by atoms with E-state index in [-0.39, 0.29) is 29.2 Å². The number of nitrogens with one attached hydrogen (secondary N) is 1. The average Bonchev–Trinajstić information content (AvgIpc) is 3.46. The van der Waals surface area contributed by atoms with E-state index in [0.29, 0.717) is 36.7 Å². The highest BCUT2D eigenvalue weighted by Crippen LogP contribution is 2.28. The molecule has 2 fully saturated rings. The molecule has 0 unspecified atom stereocenters. The molecule has 5 rings (SSSR count). The van der Waals surface area contributed by atoms with E-state index in [0.717, 1.165) is 25.7 Å². The lowest BCUT2D eigenvalue weighted by molar-refractivity contribution is 0.0607. The number of rotatable bonds is 5. The van der Waals surface area contributed by atoms with Gasteiger partial charge < -0.3 is 20.9 Å². The van der Waals surface area contributed by atoms with E-state index in [9.17, 15) is 14.7 Å². The number of carbonyl (C=O) groups is 1. The van der Waals surface area contributed by atoms with Crippen LogP contribution in [0, 0.1) is 5.92 Å². The third-order valence-corrected chi connectivity index (χ3v) is 5.89. The predicted molar refractivity (Wildman–Crippen MR) is 113 cm³/mol. The Bertz CT molecular complexity index is 1210. The Morgan fingerprint density at radius 3 is 2.77 bits per heavy atom. The summed E-state index contributed by atoms with van der Waals surface area (Å²) in [5.74, 6) is -0.393. The first-order valence-electron chi connectivity index (χ1n) is 10.5. The second-order valence-electron chi connectivity index (χ2n) is 8.15. The van der Waals surface area contributed by atoms with Crippen LogP contribution < -0.4 is 16.6 Å². The Labute approximate surface area is 177 Å². The molecule has 3 aromatic heterocycles. The smallest absolute Gasteiger partial charge is 0.291 e. The van der Waals surface area contributed by atoms with Gasteiger partial charge in [0.2, 0.25) is 5.88 Å². The standard InChI is InChI=1S/C21H24N6O4/c22-18-14(2-1-7-23-18)15-10-16-26(11-12-5-8-31-9-6-12)20(29)17(21(30)27(16)25-15)19(28)24-13-3-4-13/h1-2,7,10,12-13,29H,3-6,8-9,11H2,(H2,22,23)(H,24,28). The first-order valence-corrected chi connectivity index (χ1v) is 10.5. The summed E-state index contributed by atoms with van der Waals surface area (Å²) in [6, 6.07) is 5.24. The molecule has 31 heavy (non-hydrogen) atoms. The summed E-state index contributed by atoms with van der Waals surface area (Å²) in [6.07, 6.45) is 4.98. The molecule has 4 heterocycles. The number of anilines is 1. The number of nitrogen functional groups attached to an aromatic ring is 1. The number of hydrogen-bond acceptors (Lipinski definition) is 7. The molecule has 0 spiro atoms. The number of hydrogen-bond donors (Lipinski definition) is 3. The largest absolute Gasteiger partial charge is 0.494 e. The summed E-state index contributed by atoms with van der Waals surface area (Å²) in [6.45, 7) is 1.73. The van der Waals surface area contributed by atoms with E-state index < -0.39 is 11.5 Å². The molecule has 4 N–H and O–H groups in total. The van der Waals surface area contributed by atoms with Crippen LogP contribution >= 0.6 is 0 Å². The molecule has 1 amide bonds.